The molecule has 0 aromatic carbocycles. The van der Waals surface area contributed by atoms with Gasteiger partial charge < -0.3 is 33.8 Å². The van der Waals surface area contributed by atoms with Gasteiger partial charge in [0, 0.05) is 25.7 Å². The number of hydrogen-bond donors (Lipinski definition) is 3. The van der Waals surface area contributed by atoms with Crippen molar-refractivity contribution in [2.75, 3.05) is 39.6 Å². The smallest absolute Gasteiger partial charge is 0.462 e. The SMILES string of the molecule is CCCCCCCCCCCCCCCCCCCCCC(=O)O[C@H](COC(=O)CCCCCCCCCCCCCCCCCC)COP(=O)(O)OC[C@@H](O)COP(=O)(O)OC[C@@H](COC(=O)CCCCCCCCCCCCC)OC(=O)CCCCCCCCCCCCCC. The molecule has 0 fully saturated rings. The van der Waals surface area contributed by atoms with Gasteiger partial charge >= 0.3 is 39.5 Å². The van der Waals surface area contributed by atoms with Crippen LogP contribution < -0.4 is 0 Å². The zero-order valence-corrected chi connectivity index (χ0v) is 65.6. The summed E-state index contributed by atoms with van der Waals surface area (Å²) < 4.78 is 68.6. The summed E-state index contributed by atoms with van der Waals surface area (Å²) in [6.07, 6.45) is 65.1. The molecule has 0 heterocycles. The number of unbranched alkanes of at least 4 members (excludes halogenated alkanes) is 54. The van der Waals surface area contributed by atoms with E-state index in [0.717, 1.165) is 89.9 Å². The first-order valence-corrected chi connectivity index (χ1v) is 44.3. The lowest BCUT2D eigenvalue weighted by Gasteiger charge is -2.21. The van der Waals surface area contributed by atoms with Crippen molar-refractivity contribution in [2.45, 2.75) is 444 Å². The molecule has 17 nitrogen and oxygen atoms in total. The molecule has 582 valence electrons. The zero-order chi connectivity index (χ0) is 71.8. The van der Waals surface area contributed by atoms with Crippen molar-refractivity contribution in [1.29, 1.82) is 0 Å². The van der Waals surface area contributed by atoms with Gasteiger partial charge in [0.2, 0.25) is 0 Å². The monoisotopic (exact) mass is 1440 g/mol. The third-order valence-electron chi connectivity index (χ3n) is 18.6. The minimum atomic E-state index is -4.96. The molecule has 0 rings (SSSR count). The Hall–Kier alpha value is -1.94. The fourth-order valence-corrected chi connectivity index (χ4v) is 13.9. The molecule has 0 radical (unpaired) electrons. The zero-order valence-electron chi connectivity index (χ0n) is 63.8. The lowest BCUT2D eigenvalue weighted by Crippen LogP contribution is -2.30. The average molecular weight is 1440 g/mol. The summed E-state index contributed by atoms with van der Waals surface area (Å²) in [4.78, 5) is 72.9. The predicted octanol–water partition coefficient (Wildman–Crippen LogP) is 23.8. The number of esters is 4. The van der Waals surface area contributed by atoms with Gasteiger partial charge in [0.25, 0.3) is 0 Å². The van der Waals surface area contributed by atoms with Gasteiger partial charge in [-0.05, 0) is 25.7 Å². The molecular formula is C79H154O17P2. The third-order valence-corrected chi connectivity index (χ3v) is 20.5. The predicted molar refractivity (Wildman–Crippen MR) is 400 cm³/mol. The van der Waals surface area contributed by atoms with E-state index in [4.69, 9.17) is 37.0 Å². The second-order valence-electron chi connectivity index (χ2n) is 28.5. The van der Waals surface area contributed by atoms with Crippen LogP contribution in [0.4, 0.5) is 0 Å². The lowest BCUT2D eigenvalue weighted by atomic mass is 10.0. The molecule has 0 bridgehead atoms. The number of hydrogen-bond acceptors (Lipinski definition) is 15. The first-order valence-electron chi connectivity index (χ1n) is 41.3. The van der Waals surface area contributed by atoms with Crippen molar-refractivity contribution < 1.29 is 80.2 Å². The van der Waals surface area contributed by atoms with Crippen molar-refractivity contribution in [3.8, 4) is 0 Å². The molecule has 0 aromatic heterocycles. The lowest BCUT2D eigenvalue weighted by molar-refractivity contribution is -0.161. The maximum absolute atomic E-state index is 13.1. The Labute approximate surface area is 600 Å². The number of phosphoric acid groups is 2. The number of phosphoric ester groups is 2. The first-order chi connectivity index (χ1) is 47.7. The third kappa shape index (κ3) is 72.4. The Kier molecular flexibility index (Phi) is 71.9. The minimum absolute atomic E-state index is 0.108. The van der Waals surface area contributed by atoms with Crippen LogP contribution in [0.2, 0.25) is 0 Å². The van der Waals surface area contributed by atoms with Crippen LogP contribution >= 0.6 is 15.6 Å². The first kappa shape index (κ1) is 96.1. The normalized spacial score (nSPS) is 13.8. The van der Waals surface area contributed by atoms with Crippen LogP contribution in [0.3, 0.4) is 0 Å². The maximum Gasteiger partial charge on any atom is 0.472 e. The number of carbonyl (C=O) groups is 4. The van der Waals surface area contributed by atoms with Crippen LogP contribution in [-0.2, 0) is 65.4 Å². The van der Waals surface area contributed by atoms with Crippen LogP contribution in [0, 0.1) is 0 Å². The van der Waals surface area contributed by atoms with Crippen molar-refractivity contribution in [1.82, 2.24) is 0 Å². The standard InChI is InChI=1S/C79H154O17P2/c1-5-9-13-17-21-25-29-32-34-36-37-38-40-42-46-50-54-58-62-66-79(84)96-75(70-90-77(82)64-60-56-52-48-45-41-39-35-33-30-26-22-18-14-10-6-2)72-94-98(87,88)92-68-73(80)67-91-97(85,86)93-71-74(69-89-76(81)63-59-55-51-47-43-28-24-20-16-12-8-4)95-78(83)65-61-57-53-49-44-31-27-23-19-15-11-7-3/h73-75,80H,5-72H2,1-4H3,(H,85,86)(H,87,88)/t73-,74+,75+/m0/s1. The van der Waals surface area contributed by atoms with Gasteiger partial charge in [-0.1, -0.05) is 374 Å². The van der Waals surface area contributed by atoms with Crippen molar-refractivity contribution in [3.63, 3.8) is 0 Å². The molecular weight excluding hydrogens is 1280 g/mol. The molecule has 0 aliphatic carbocycles. The Morgan fingerprint density at radius 3 is 0.602 bits per heavy atom. The highest BCUT2D eigenvalue weighted by Crippen LogP contribution is 2.45. The molecule has 5 atom stereocenters. The molecule has 0 spiro atoms. The van der Waals surface area contributed by atoms with Gasteiger partial charge in [-0.3, -0.25) is 37.3 Å². The fourth-order valence-electron chi connectivity index (χ4n) is 12.3. The number of ether oxygens (including phenoxy) is 4. The van der Waals surface area contributed by atoms with E-state index >= 15 is 0 Å². The molecule has 0 amide bonds. The van der Waals surface area contributed by atoms with Crippen molar-refractivity contribution in [3.05, 3.63) is 0 Å². The summed E-state index contributed by atoms with van der Waals surface area (Å²) in [5, 5.41) is 10.6. The highest BCUT2D eigenvalue weighted by Gasteiger charge is 2.30. The molecule has 0 aromatic rings. The van der Waals surface area contributed by atoms with Gasteiger partial charge in [0.05, 0.1) is 26.4 Å². The molecule has 98 heavy (non-hydrogen) atoms. The van der Waals surface area contributed by atoms with Crippen LogP contribution in [0.1, 0.15) is 426 Å². The summed E-state index contributed by atoms with van der Waals surface area (Å²) in [6, 6.07) is 0. The van der Waals surface area contributed by atoms with Gasteiger partial charge in [0.15, 0.2) is 12.2 Å². The van der Waals surface area contributed by atoms with E-state index in [2.05, 4.69) is 27.7 Å². The Morgan fingerprint density at radius 1 is 0.245 bits per heavy atom. The summed E-state index contributed by atoms with van der Waals surface area (Å²) in [5.41, 5.74) is 0. The van der Waals surface area contributed by atoms with E-state index in [9.17, 15) is 43.2 Å². The molecule has 0 aliphatic heterocycles. The molecule has 3 N–H and O–H groups in total. The highest BCUT2D eigenvalue weighted by atomic mass is 31.2. The van der Waals surface area contributed by atoms with E-state index in [0.29, 0.717) is 25.7 Å². The summed E-state index contributed by atoms with van der Waals surface area (Å²) in [5.74, 6) is -2.11. The Morgan fingerprint density at radius 2 is 0.408 bits per heavy atom. The number of aliphatic hydroxyl groups is 1. The summed E-state index contributed by atoms with van der Waals surface area (Å²) >= 11 is 0. The summed E-state index contributed by atoms with van der Waals surface area (Å²) in [6.45, 7) is 5.01. The largest absolute Gasteiger partial charge is 0.472 e. The fraction of sp³-hybridized carbons (Fsp3) is 0.949. The maximum atomic E-state index is 13.1. The number of aliphatic hydroxyl groups excluding tert-OH is 1. The molecule has 2 unspecified atom stereocenters. The topological polar surface area (TPSA) is 237 Å². The average Bonchev–Trinajstić information content (AvgIpc) is 1.05. The van der Waals surface area contributed by atoms with E-state index in [-0.39, 0.29) is 25.7 Å². The minimum Gasteiger partial charge on any atom is -0.462 e. The van der Waals surface area contributed by atoms with Crippen LogP contribution in [0.25, 0.3) is 0 Å². The quantitative estimate of drug-likeness (QED) is 0.0222. The second kappa shape index (κ2) is 73.4. The highest BCUT2D eigenvalue weighted by molar-refractivity contribution is 7.47. The second-order valence-corrected chi connectivity index (χ2v) is 31.4. The van der Waals surface area contributed by atoms with Gasteiger partial charge in [-0.2, -0.15) is 0 Å². The van der Waals surface area contributed by atoms with Gasteiger partial charge in [-0.25, -0.2) is 9.13 Å². The number of rotatable bonds is 80. The van der Waals surface area contributed by atoms with Crippen molar-refractivity contribution >= 4 is 39.5 Å². The van der Waals surface area contributed by atoms with E-state index in [1.54, 1.807) is 0 Å². The van der Waals surface area contributed by atoms with E-state index in [1.165, 1.54) is 257 Å². The van der Waals surface area contributed by atoms with Gasteiger partial charge in [0.1, 0.15) is 19.3 Å². The Balaban J connectivity index is 5.23. The summed E-state index contributed by atoms with van der Waals surface area (Å²) in [7, 11) is -9.91. The number of carbonyl (C=O) groups excluding carboxylic acids is 4. The van der Waals surface area contributed by atoms with Crippen molar-refractivity contribution in [2.24, 2.45) is 0 Å². The van der Waals surface area contributed by atoms with Gasteiger partial charge in [-0.15, -0.1) is 0 Å². The van der Waals surface area contributed by atoms with Crippen LogP contribution in [0.5, 0.6) is 0 Å². The van der Waals surface area contributed by atoms with Crippen LogP contribution in [-0.4, -0.2) is 96.7 Å². The van der Waals surface area contributed by atoms with Crippen LogP contribution in [0.15, 0.2) is 0 Å². The molecule has 0 saturated heterocycles. The molecule has 0 saturated carbocycles. The molecule has 0 aliphatic rings. The van der Waals surface area contributed by atoms with E-state index in [1.807, 2.05) is 0 Å². The van der Waals surface area contributed by atoms with E-state index < -0.39 is 97.5 Å². The Bertz CT molecular complexity index is 1860. The molecule has 19 heteroatoms.